The number of aromatic hydroxyl groups is 1. The number of fused-ring (bicyclic) bond motifs is 2. The fourth-order valence-corrected chi connectivity index (χ4v) is 4.06. The number of carbonyl (C=O) groups excluding carboxylic acids is 2. The molecule has 0 unspecified atom stereocenters. The van der Waals surface area contributed by atoms with Crippen molar-refractivity contribution in [1.82, 2.24) is 0 Å². The van der Waals surface area contributed by atoms with Crippen LogP contribution in [0.5, 0.6) is 5.75 Å². The average molecular weight is 500 g/mol. The molecule has 1 aliphatic heterocycles. The Morgan fingerprint density at radius 1 is 1.11 bits per heavy atom. The number of hydrogen-bond donors (Lipinski definition) is 1. The summed E-state index contributed by atoms with van der Waals surface area (Å²) >= 11 is 0. The van der Waals surface area contributed by atoms with Gasteiger partial charge in [0.2, 0.25) is 0 Å². The molecule has 2 aromatic rings. The molecule has 0 saturated heterocycles. The van der Waals surface area contributed by atoms with Crippen molar-refractivity contribution < 1.29 is 23.8 Å². The van der Waals surface area contributed by atoms with Gasteiger partial charge in [-0.15, -0.1) is 0 Å². The van der Waals surface area contributed by atoms with Gasteiger partial charge >= 0.3 is 6.15 Å². The topological polar surface area (TPSA) is 143 Å². The van der Waals surface area contributed by atoms with Gasteiger partial charge in [-0.05, 0) is 60.2 Å². The van der Waals surface area contributed by atoms with E-state index in [9.17, 15) is 9.90 Å². The van der Waals surface area contributed by atoms with E-state index in [1.807, 2.05) is 18.2 Å². The first-order valence-electron chi connectivity index (χ1n) is 11.5. The molecule has 2 aromatic carbocycles. The summed E-state index contributed by atoms with van der Waals surface area (Å²) in [5.74, 6) is 0.586. The number of azide groups is 1. The van der Waals surface area contributed by atoms with Crippen molar-refractivity contribution in [3.8, 4) is 28.2 Å². The van der Waals surface area contributed by atoms with E-state index >= 15 is 0 Å². The highest BCUT2D eigenvalue weighted by atomic mass is 16.5. The maximum absolute atomic E-state index is 11.9. The minimum absolute atomic E-state index is 0.103. The molecular weight excluding hydrogens is 474 g/mol. The molecule has 0 spiro atoms. The van der Waals surface area contributed by atoms with Crippen LogP contribution in [0.25, 0.3) is 43.9 Å². The minimum atomic E-state index is -0.131. The van der Waals surface area contributed by atoms with Crippen molar-refractivity contribution >= 4 is 17.1 Å². The second kappa shape index (κ2) is 13.4. The first kappa shape index (κ1) is 26.9. The van der Waals surface area contributed by atoms with Crippen molar-refractivity contribution in [3.63, 3.8) is 0 Å². The second-order valence-electron chi connectivity index (χ2n) is 8.20. The Kier molecular flexibility index (Phi) is 9.76. The van der Waals surface area contributed by atoms with Crippen LogP contribution in [0, 0.1) is 0 Å². The molecule has 0 amide bonds. The minimum Gasteiger partial charge on any atom is -0.508 e. The number of allylic oxidation sites excluding steroid dienone is 1. The lowest BCUT2D eigenvalue weighted by molar-refractivity contribution is -0.191. The predicted octanol–water partition coefficient (Wildman–Crippen LogP) is 5.89. The van der Waals surface area contributed by atoms with Crippen LogP contribution in [0.2, 0.25) is 0 Å². The molecule has 37 heavy (non-hydrogen) atoms. The number of rotatable bonds is 10. The predicted molar refractivity (Wildman–Crippen MR) is 138 cm³/mol. The van der Waals surface area contributed by atoms with E-state index in [2.05, 4.69) is 28.7 Å². The van der Waals surface area contributed by atoms with Crippen LogP contribution in [0.15, 0.2) is 87.1 Å². The van der Waals surface area contributed by atoms with Crippen LogP contribution in [-0.2, 0) is 20.7 Å². The van der Waals surface area contributed by atoms with Gasteiger partial charge in [-0.2, -0.15) is 9.59 Å². The number of phenols is 1. The molecule has 0 atom stereocenters. The maximum atomic E-state index is 11.9. The van der Waals surface area contributed by atoms with Gasteiger partial charge in [-0.3, -0.25) is 4.79 Å². The van der Waals surface area contributed by atoms with Crippen LogP contribution < -0.4 is 5.43 Å². The fourth-order valence-electron chi connectivity index (χ4n) is 4.06. The van der Waals surface area contributed by atoms with Crippen molar-refractivity contribution in [1.29, 1.82) is 0 Å². The van der Waals surface area contributed by atoms with Crippen LogP contribution in [0.4, 0.5) is 0 Å². The van der Waals surface area contributed by atoms with Crippen molar-refractivity contribution in [2.45, 2.75) is 19.3 Å². The summed E-state index contributed by atoms with van der Waals surface area (Å²) in [6.07, 6.45) is 2.68. The third-order valence-electron chi connectivity index (χ3n) is 5.56. The Balaban J connectivity index is 0.00000121. The van der Waals surface area contributed by atoms with E-state index in [0.29, 0.717) is 31.1 Å². The van der Waals surface area contributed by atoms with Gasteiger partial charge in [0.25, 0.3) is 0 Å². The summed E-state index contributed by atoms with van der Waals surface area (Å²) in [6.45, 7) is 5.59. The molecule has 0 radical (unpaired) electrons. The average Bonchev–Trinajstić information content (AvgIpc) is 2.87. The highest BCUT2D eigenvalue weighted by Crippen LogP contribution is 2.40. The Labute approximate surface area is 212 Å². The number of phenolic OH excluding ortho intramolecular Hbond substituents is 1. The highest BCUT2D eigenvalue weighted by Gasteiger charge is 2.18. The monoisotopic (exact) mass is 499 g/mol. The lowest BCUT2D eigenvalue weighted by Gasteiger charge is -2.16. The Morgan fingerprint density at radius 3 is 2.70 bits per heavy atom. The summed E-state index contributed by atoms with van der Waals surface area (Å²) in [5, 5.41) is 14.2. The zero-order valence-corrected chi connectivity index (χ0v) is 20.1. The third-order valence-corrected chi connectivity index (χ3v) is 5.56. The summed E-state index contributed by atoms with van der Waals surface area (Å²) < 4.78 is 11.4. The molecule has 0 fully saturated rings. The summed E-state index contributed by atoms with van der Waals surface area (Å²) in [5.41, 5.74) is 13.7. The molecule has 188 valence electrons. The summed E-state index contributed by atoms with van der Waals surface area (Å²) in [4.78, 5) is 30.9. The lowest BCUT2D eigenvalue weighted by Crippen LogP contribution is -2.01. The van der Waals surface area contributed by atoms with E-state index < -0.39 is 0 Å². The lowest BCUT2D eigenvalue weighted by atomic mass is 9.91. The number of benzene rings is 3. The van der Waals surface area contributed by atoms with Gasteiger partial charge in [0.15, 0.2) is 5.43 Å². The molecule has 1 aliphatic carbocycles. The fraction of sp³-hybridized carbons (Fsp3) is 0.214. The van der Waals surface area contributed by atoms with Crippen LogP contribution in [0.1, 0.15) is 18.4 Å². The number of nitrogens with zero attached hydrogens (tertiary/aromatic N) is 3. The van der Waals surface area contributed by atoms with Crippen molar-refractivity contribution in [2.24, 2.45) is 5.11 Å². The van der Waals surface area contributed by atoms with Gasteiger partial charge in [-0.1, -0.05) is 41.5 Å². The van der Waals surface area contributed by atoms with Crippen LogP contribution in [-0.4, -0.2) is 31.0 Å². The molecule has 0 saturated carbocycles. The highest BCUT2D eigenvalue weighted by molar-refractivity contribution is 6.02. The van der Waals surface area contributed by atoms with E-state index in [-0.39, 0.29) is 17.3 Å². The summed E-state index contributed by atoms with van der Waals surface area (Å²) in [6, 6.07) is 18.1. The van der Waals surface area contributed by atoms with Gasteiger partial charge < -0.3 is 14.3 Å². The van der Waals surface area contributed by atoms with Crippen LogP contribution in [0.3, 0.4) is 0 Å². The van der Waals surface area contributed by atoms with E-state index in [1.165, 1.54) is 12.1 Å². The largest absolute Gasteiger partial charge is 0.508 e. The SMILES string of the molecule is C=C(CCCOCCN=[N+]=[N-])Cc1cccc(-c2c3ccc(=O)cc-3oc3cc(O)ccc23)c1.O=C=O. The molecule has 1 N–H and O–H groups in total. The third kappa shape index (κ3) is 7.40. The molecule has 0 bridgehead atoms. The normalized spacial score (nSPS) is 10.3. The molecule has 9 nitrogen and oxygen atoms in total. The molecule has 0 aromatic heterocycles. The molecule has 2 aliphatic rings. The molecule has 4 rings (SSSR count). The smallest absolute Gasteiger partial charge is 0.373 e. The molecule has 9 heteroatoms. The quantitative estimate of drug-likeness (QED) is 0.0719. The van der Waals surface area contributed by atoms with Crippen molar-refractivity contribution in [2.75, 3.05) is 19.8 Å². The van der Waals surface area contributed by atoms with Gasteiger partial charge in [-0.25, -0.2) is 0 Å². The molecular formula is C28H25N3O6. The van der Waals surface area contributed by atoms with E-state index in [4.69, 9.17) is 24.3 Å². The van der Waals surface area contributed by atoms with Gasteiger partial charge in [0, 0.05) is 46.7 Å². The van der Waals surface area contributed by atoms with E-state index in [1.54, 1.807) is 18.2 Å². The standard InChI is InChI=1S/C27H25N3O4.CO2/c1-18(4-3-12-33-13-11-29-30-28)14-19-5-2-6-20(15-19)27-23-9-7-21(31)16-25(23)34-26-17-22(32)8-10-24(26)27;2-1-3/h2,5-10,15-17,31H,1,3-4,11-14H2;. The molecule has 1 heterocycles. The van der Waals surface area contributed by atoms with Crippen LogP contribution >= 0.6 is 0 Å². The first-order chi connectivity index (χ1) is 18.0. The zero-order chi connectivity index (χ0) is 26.6. The number of ether oxygens (including phenoxy) is 1. The Bertz CT molecular complexity index is 1500. The first-order valence-corrected chi connectivity index (χ1v) is 11.5. The van der Waals surface area contributed by atoms with Gasteiger partial charge in [0.05, 0.1) is 6.61 Å². The Hall–Kier alpha value is -4.68. The maximum Gasteiger partial charge on any atom is 0.373 e. The van der Waals surface area contributed by atoms with E-state index in [0.717, 1.165) is 52.5 Å². The van der Waals surface area contributed by atoms with Gasteiger partial charge in [0.1, 0.15) is 17.1 Å². The Morgan fingerprint density at radius 2 is 1.92 bits per heavy atom. The second-order valence-corrected chi connectivity index (χ2v) is 8.20. The summed E-state index contributed by atoms with van der Waals surface area (Å²) in [7, 11) is 0. The van der Waals surface area contributed by atoms with Crippen molar-refractivity contribution in [3.05, 3.63) is 99.0 Å². The number of hydrogen-bond acceptors (Lipinski definition) is 7. The zero-order valence-electron chi connectivity index (χ0n) is 20.1.